The van der Waals surface area contributed by atoms with E-state index < -0.39 is 0 Å². The van der Waals surface area contributed by atoms with E-state index in [-0.39, 0.29) is 5.88 Å². The Morgan fingerprint density at radius 2 is 1.91 bits per heavy atom. The zero-order chi connectivity index (χ0) is 22.2. The van der Waals surface area contributed by atoms with E-state index in [1.165, 1.54) is 11.3 Å². The second kappa shape index (κ2) is 8.83. The van der Waals surface area contributed by atoms with Crippen LogP contribution in [0.1, 0.15) is 16.0 Å². The summed E-state index contributed by atoms with van der Waals surface area (Å²) in [4.78, 5) is 9.79. The highest BCUT2D eigenvalue weighted by Crippen LogP contribution is 2.37. The third-order valence-electron chi connectivity index (χ3n) is 5.77. The lowest BCUT2D eigenvalue weighted by molar-refractivity contribution is 0.312. The van der Waals surface area contributed by atoms with Crippen molar-refractivity contribution in [3.63, 3.8) is 0 Å². The van der Waals surface area contributed by atoms with Crippen LogP contribution < -0.4 is 15.5 Å². The summed E-state index contributed by atoms with van der Waals surface area (Å²) < 4.78 is 0. The summed E-state index contributed by atoms with van der Waals surface area (Å²) in [7, 11) is 2.12. The van der Waals surface area contributed by atoms with Crippen LogP contribution in [0.4, 0.5) is 5.13 Å². The maximum atomic E-state index is 10.9. The summed E-state index contributed by atoms with van der Waals surface area (Å²) >= 11 is 14.1. The van der Waals surface area contributed by atoms with Crippen LogP contribution in [-0.4, -0.2) is 54.4 Å². The lowest BCUT2D eigenvalue weighted by Gasteiger charge is -2.31. The molecule has 2 aromatic carbocycles. The maximum absolute atomic E-state index is 10.9. The van der Waals surface area contributed by atoms with Crippen molar-refractivity contribution in [1.82, 2.24) is 9.88 Å². The monoisotopic (exact) mass is 485 g/mol. The number of hydrogen-bond acceptors (Lipinski definition) is 7. The Morgan fingerprint density at radius 3 is 2.69 bits per heavy atom. The molecule has 1 N–H and O–H groups in total. The van der Waals surface area contributed by atoms with Crippen molar-refractivity contribution in [3.8, 4) is 5.88 Å². The van der Waals surface area contributed by atoms with Gasteiger partial charge in [-0.1, -0.05) is 46.7 Å². The lowest BCUT2D eigenvalue weighted by Crippen LogP contribution is -2.44. The molecule has 9 heteroatoms. The predicted octanol–water partition coefficient (Wildman–Crippen LogP) is 3.32. The van der Waals surface area contributed by atoms with Gasteiger partial charge in [-0.05, 0) is 47.7 Å². The Kier molecular flexibility index (Phi) is 5.90. The number of rotatable bonds is 4. The van der Waals surface area contributed by atoms with E-state index in [9.17, 15) is 5.11 Å². The minimum Gasteiger partial charge on any atom is -0.492 e. The molecule has 1 aromatic heterocycles. The fourth-order valence-electron chi connectivity index (χ4n) is 3.89. The molecule has 0 amide bonds. The van der Waals surface area contributed by atoms with Crippen molar-refractivity contribution in [1.29, 1.82) is 0 Å². The van der Waals surface area contributed by atoms with Gasteiger partial charge in [-0.25, -0.2) is 0 Å². The van der Waals surface area contributed by atoms with Crippen LogP contribution in [0.15, 0.2) is 46.6 Å². The standard InChI is InChI=1S/C23H21Cl2N5OS/c1-29-6-8-30(9-7-29)23-27-22(31)21(32-23)18(11-15-2-4-17(24)12-19(15)25)14-3-5-20-16(10-14)13-26-28-20/h2-5,10,12-13,31H,6-9,11H2,1H3. The van der Waals surface area contributed by atoms with E-state index in [0.717, 1.165) is 63.5 Å². The van der Waals surface area contributed by atoms with Crippen LogP contribution in [0.2, 0.25) is 10.0 Å². The molecule has 1 saturated heterocycles. The van der Waals surface area contributed by atoms with Crippen molar-refractivity contribution in [2.75, 3.05) is 38.1 Å². The second-order valence-corrected chi connectivity index (χ2v) is 9.77. The highest BCUT2D eigenvalue weighted by molar-refractivity contribution is 7.17. The number of fused-ring (bicyclic) bond motifs is 1. The third-order valence-corrected chi connectivity index (χ3v) is 7.52. The largest absolute Gasteiger partial charge is 0.492 e. The Labute approximate surface area is 199 Å². The molecule has 2 aliphatic heterocycles. The molecule has 0 unspecified atom stereocenters. The van der Waals surface area contributed by atoms with Gasteiger partial charge in [0.15, 0.2) is 5.13 Å². The molecule has 0 atom stereocenters. The van der Waals surface area contributed by atoms with E-state index in [4.69, 9.17) is 23.2 Å². The van der Waals surface area contributed by atoms with Gasteiger partial charge in [0.25, 0.3) is 0 Å². The number of aromatic hydroxyl groups is 1. The average molecular weight is 486 g/mol. The summed E-state index contributed by atoms with van der Waals surface area (Å²) in [5, 5.41) is 22.8. The van der Waals surface area contributed by atoms with Crippen molar-refractivity contribution >= 4 is 51.5 Å². The Morgan fingerprint density at radius 1 is 1.09 bits per heavy atom. The number of likely N-dealkylation sites (N-methyl/N-ethyl adjacent to an activating group) is 1. The van der Waals surface area contributed by atoms with Gasteiger partial charge in [0, 0.05) is 48.2 Å². The normalized spacial score (nSPS) is 16.8. The smallest absolute Gasteiger partial charge is 0.231 e. The summed E-state index contributed by atoms with van der Waals surface area (Å²) in [5.74, 6) is 0.0443. The molecule has 0 spiro atoms. The Bertz CT molecular complexity index is 1330. The molecule has 2 aliphatic rings. The van der Waals surface area contributed by atoms with Crippen LogP contribution in [0.3, 0.4) is 0 Å². The SMILES string of the molecule is CN1CCN(c2nc(O)c(C(Cc3ccc(Cl)cc3Cl)=c3ccc4c(c3)C=NN=4)s2)CC1. The highest BCUT2D eigenvalue weighted by Gasteiger charge is 2.22. The molecule has 0 aliphatic carbocycles. The average Bonchev–Trinajstić information content (AvgIpc) is 3.40. The number of benzene rings is 2. The van der Waals surface area contributed by atoms with Gasteiger partial charge in [0.05, 0.1) is 16.4 Å². The van der Waals surface area contributed by atoms with Crippen molar-refractivity contribution in [3.05, 3.63) is 73.0 Å². The number of nitrogens with zero attached hydrogens (tertiary/aromatic N) is 5. The zero-order valence-electron chi connectivity index (χ0n) is 17.4. The van der Waals surface area contributed by atoms with Crippen molar-refractivity contribution in [2.24, 2.45) is 10.2 Å². The Hall–Kier alpha value is -2.45. The van der Waals surface area contributed by atoms with Gasteiger partial charge in [-0.2, -0.15) is 15.2 Å². The van der Waals surface area contributed by atoms with Crippen LogP contribution >= 0.6 is 34.5 Å². The molecule has 32 heavy (non-hydrogen) atoms. The summed E-state index contributed by atoms with van der Waals surface area (Å²) in [6.07, 6.45) is 2.27. The van der Waals surface area contributed by atoms with Crippen molar-refractivity contribution in [2.45, 2.75) is 6.42 Å². The quantitative estimate of drug-likeness (QED) is 0.615. The summed E-state index contributed by atoms with van der Waals surface area (Å²) in [6.45, 7) is 3.72. The highest BCUT2D eigenvalue weighted by atomic mass is 35.5. The number of hydrogen-bond donors (Lipinski definition) is 1. The van der Waals surface area contributed by atoms with E-state index in [1.54, 1.807) is 12.3 Å². The lowest BCUT2D eigenvalue weighted by atomic mass is 10.00. The van der Waals surface area contributed by atoms with Gasteiger partial charge in [-0.15, -0.1) is 0 Å². The number of anilines is 1. The van der Waals surface area contributed by atoms with E-state index in [2.05, 4.69) is 32.0 Å². The number of piperazine rings is 1. The number of aromatic nitrogens is 1. The molecule has 6 nitrogen and oxygen atoms in total. The number of halogens is 2. The van der Waals surface area contributed by atoms with Gasteiger partial charge in [-0.3, -0.25) is 0 Å². The summed E-state index contributed by atoms with van der Waals surface area (Å²) in [5.41, 5.74) is 2.83. The van der Waals surface area contributed by atoms with Crippen LogP contribution in [0.5, 0.6) is 5.88 Å². The second-order valence-electron chi connectivity index (χ2n) is 7.95. The molecule has 3 heterocycles. The first-order valence-corrected chi connectivity index (χ1v) is 11.9. The zero-order valence-corrected chi connectivity index (χ0v) is 19.8. The van der Waals surface area contributed by atoms with E-state index in [1.807, 2.05) is 30.3 Å². The molecular formula is C23H21Cl2N5OS. The minimum atomic E-state index is 0.0443. The van der Waals surface area contributed by atoms with Gasteiger partial charge >= 0.3 is 0 Å². The van der Waals surface area contributed by atoms with Crippen LogP contribution in [-0.2, 0) is 6.42 Å². The first-order valence-electron chi connectivity index (χ1n) is 10.3. The summed E-state index contributed by atoms with van der Waals surface area (Å²) in [6, 6.07) is 11.5. The first-order chi connectivity index (χ1) is 15.5. The van der Waals surface area contributed by atoms with Crippen LogP contribution in [0.25, 0.3) is 5.57 Å². The Balaban J connectivity index is 1.62. The molecule has 1 fully saturated rings. The minimum absolute atomic E-state index is 0.0443. The molecule has 0 saturated carbocycles. The van der Waals surface area contributed by atoms with Gasteiger partial charge < -0.3 is 14.9 Å². The fourth-order valence-corrected chi connectivity index (χ4v) is 5.44. The topological polar surface area (TPSA) is 64.3 Å². The van der Waals surface area contributed by atoms with Crippen molar-refractivity contribution < 1.29 is 5.11 Å². The van der Waals surface area contributed by atoms with Gasteiger partial charge in [0.1, 0.15) is 0 Å². The molecule has 164 valence electrons. The first kappa shape index (κ1) is 21.4. The molecular weight excluding hydrogens is 465 g/mol. The van der Waals surface area contributed by atoms with E-state index in [0.29, 0.717) is 16.5 Å². The van der Waals surface area contributed by atoms with Gasteiger partial charge in [0.2, 0.25) is 5.88 Å². The molecule has 3 aromatic rings. The predicted molar refractivity (Wildman–Crippen MR) is 131 cm³/mol. The fraction of sp³-hybridized carbons (Fsp3) is 0.261. The van der Waals surface area contributed by atoms with Crippen LogP contribution in [0, 0.1) is 0 Å². The third kappa shape index (κ3) is 4.26. The molecule has 0 bridgehead atoms. The number of thiazole rings is 1. The molecule has 5 rings (SSSR count). The van der Waals surface area contributed by atoms with E-state index >= 15 is 0 Å². The maximum Gasteiger partial charge on any atom is 0.231 e. The molecule has 0 radical (unpaired) electrons.